The predicted molar refractivity (Wildman–Crippen MR) is 78.4 cm³/mol. The molecule has 0 saturated carbocycles. The number of amides is 2. The first-order chi connectivity index (χ1) is 10.1. The maximum absolute atomic E-state index is 11.9. The number of urea groups is 1. The van der Waals surface area contributed by atoms with Gasteiger partial charge in [0, 0.05) is 12.2 Å². The Kier molecular flexibility index (Phi) is 5.58. The highest BCUT2D eigenvalue weighted by atomic mass is 16.5. The number of esters is 1. The average molecular weight is 296 g/mol. The van der Waals surface area contributed by atoms with E-state index in [2.05, 4.69) is 15.5 Å². The summed E-state index contributed by atoms with van der Waals surface area (Å²) >= 11 is 0. The summed E-state index contributed by atoms with van der Waals surface area (Å²) in [6.45, 7) is 5.48. The van der Waals surface area contributed by atoms with E-state index in [-0.39, 0.29) is 18.5 Å². The third-order valence-corrected chi connectivity index (χ3v) is 4.00. The predicted octanol–water partition coefficient (Wildman–Crippen LogP) is -0.213. The first-order valence-corrected chi connectivity index (χ1v) is 7.50. The fourth-order valence-corrected chi connectivity index (χ4v) is 2.68. The molecule has 21 heavy (non-hydrogen) atoms. The molecule has 0 spiro atoms. The zero-order valence-electron chi connectivity index (χ0n) is 12.5. The van der Waals surface area contributed by atoms with E-state index >= 15 is 0 Å². The number of nitrogens with one attached hydrogen (secondary N) is 2. The highest BCUT2D eigenvalue weighted by Crippen LogP contribution is 2.18. The minimum absolute atomic E-state index is 0.221. The second-order valence-corrected chi connectivity index (χ2v) is 5.44. The summed E-state index contributed by atoms with van der Waals surface area (Å²) in [5, 5.41) is 5.35. The molecule has 0 bridgehead atoms. The molecule has 7 nitrogen and oxygen atoms in total. The first-order valence-electron chi connectivity index (χ1n) is 7.50. The SMILES string of the molecule is CCOC(=O)C1=C(CN2CCC(CN)CC2)NC(=O)NC1. The van der Waals surface area contributed by atoms with Crippen LogP contribution in [0.1, 0.15) is 19.8 Å². The summed E-state index contributed by atoms with van der Waals surface area (Å²) in [7, 11) is 0. The molecule has 1 saturated heterocycles. The van der Waals surface area contributed by atoms with E-state index in [0.717, 1.165) is 32.5 Å². The molecule has 118 valence electrons. The number of likely N-dealkylation sites (tertiary alicyclic amines) is 1. The highest BCUT2D eigenvalue weighted by Gasteiger charge is 2.26. The molecule has 2 aliphatic rings. The Morgan fingerprint density at radius 1 is 1.43 bits per heavy atom. The quantitative estimate of drug-likeness (QED) is 0.610. The standard InChI is InChI=1S/C14H24N4O3/c1-2-21-13(19)11-8-16-14(20)17-12(11)9-18-5-3-10(7-15)4-6-18/h10H,2-9,15H2,1H3,(H2,16,17,20). The van der Waals surface area contributed by atoms with Gasteiger partial charge >= 0.3 is 12.0 Å². The van der Waals surface area contributed by atoms with Crippen LogP contribution >= 0.6 is 0 Å². The summed E-state index contributed by atoms with van der Waals surface area (Å²) in [5.41, 5.74) is 6.86. The van der Waals surface area contributed by atoms with Crippen molar-refractivity contribution >= 4 is 12.0 Å². The van der Waals surface area contributed by atoms with Crippen LogP contribution in [0.4, 0.5) is 4.79 Å². The van der Waals surface area contributed by atoms with Crippen LogP contribution in [0.2, 0.25) is 0 Å². The molecule has 2 aliphatic heterocycles. The van der Waals surface area contributed by atoms with Crippen LogP contribution in [-0.4, -0.2) is 56.2 Å². The zero-order chi connectivity index (χ0) is 15.2. The van der Waals surface area contributed by atoms with Crippen molar-refractivity contribution < 1.29 is 14.3 Å². The minimum atomic E-state index is -0.364. The fourth-order valence-electron chi connectivity index (χ4n) is 2.68. The maximum atomic E-state index is 11.9. The number of carbonyl (C=O) groups is 2. The van der Waals surface area contributed by atoms with Crippen molar-refractivity contribution in [3.8, 4) is 0 Å². The summed E-state index contributed by atoms with van der Waals surface area (Å²) < 4.78 is 5.05. The van der Waals surface area contributed by atoms with Crippen LogP contribution < -0.4 is 16.4 Å². The van der Waals surface area contributed by atoms with E-state index in [0.29, 0.717) is 30.3 Å². The highest BCUT2D eigenvalue weighted by molar-refractivity contribution is 5.93. The van der Waals surface area contributed by atoms with Crippen molar-refractivity contribution in [2.45, 2.75) is 19.8 Å². The lowest BCUT2D eigenvalue weighted by Gasteiger charge is -2.33. The Balaban J connectivity index is 2.02. The van der Waals surface area contributed by atoms with Crippen LogP contribution in [0.3, 0.4) is 0 Å². The van der Waals surface area contributed by atoms with E-state index in [4.69, 9.17) is 10.5 Å². The number of hydrogen-bond acceptors (Lipinski definition) is 5. The molecule has 0 aromatic heterocycles. The lowest BCUT2D eigenvalue weighted by atomic mass is 9.97. The first kappa shape index (κ1) is 15.8. The van der Waals surface area contributed by atoms with Gasteiger partial charge < -0.3 is 21.1 Å². The summed E-state index contributed by atoms with van der Waals surface area (Å²) in [6.07, 6.45) is 2.12. The second kappa shape index (κ2) is 7.42. The number of ether oxygens (including phenoxy) is 1. The van der Waals surface area contributed by atoms with E-state index in [1.54, 1.807) is 6.92 Å². The van der Waals surface area contributed by atoms with Gasteiger partial charge in [0.15, 0.2) is 0 Å². The molecule has 2 rings (SSSR count). The summed E-state index contributed by atoms with van der Waals surface area (Å²) in [5.74, 6) is 0.221. The van der Waals surface area contributed by atoms with E-state index in [9.17, 15) is 9.59 Å². The maximum Gasteiger partial charge on any atom is 0.337 e. The van der Waals surface area contributed by atoms with Crippen LogP contribution in [-0.2, 0) is 9.53 Å². The monoisotopic (exact) mass is 296 g/mol. The normalized spacial score (nSPS) is 21.0. The molecule has 2 heterocycles. The lowest BCUT2D eigenvalue weighted by molar-refractivity contribution is -0.138. The van der Waals surface area contributed by atoms with Crippen molar-refractivity contribution in [2.24, 2.45) is 11.7 Å². The van der Waals surface area contributed by atoms with Crippen molar-refractivity contribution in [3.05, 3.63) is 11.3 Å². The molecule has 0 atom stereocenters. The van der Waals surface area contributed by atoms with E-state index < -0.39 is 0 Å². The Morgan fingerprint density at radius 2 is 2.14 bits per heavy atom. The van der Waals surface area contributed by atoms with Crippen molar-refractivity contribution in [1.82, 2.24) is 15.5 Å². The van der Waals surface area contributed by atoms with Gasteiger partial charge in [-0.25, -0.2) is 9.59 Å². The van der Waals surface area contributed by atoms with Gasteiger partial charge in [-0.3, -0.25) is 4.90 Å². The van der Waals surface area contributed by atoms with E-state index in [1.165, 1.54) is 0 Å². The topological polar surface area (TPSA) is 96.7 Å². The molecule has 7 heteroatoms. The number of hydrogen-bond donors (Lipinski definition) is 3. The molecular weight excluding hydrogens is 272 g/mol. The van der Waals surface area contributed by atoms with Gasteiger partial charge in [0.05, 0.1) is 18.7 Å². The Bertz CT molecular complexity index is 428. The second-order valence-electron chi connectivity index (χ2n) is 5.44. The third kappa shape index (κ3) is 4.18. The third-order valence-electron chi connectivity index (χ3n) is 4.00. The van der Waals surface area contributed by atoms with Crippen LogP contribution in [0, 0.1) is 5.92 Å². The number of nitrogens with zero attached hydrogens (tertiary/aromatic N) is 1. The van der Waals surface area contributed by atoms with Gasteiger partial charge in [0.1, 0.15) is 0 Å². The Morgan fingerprint density at radius 3 is 2.76 bits per heavy atom. The fraction of sp³-hybridized carbons (Fsp3) is 0.714. The molecular formula is C14H24N4O3. The summed E-state index contributed by atoms with van der Waals surface area (Å²) in [4.78, 5) is 25.7. The van der Waals surface area contributed by atoms with Gasteiger partial charge in [-0.2, -0.15) is 0 Å². The van der Waals surface area contributed by atoms with Gasteiger partial charge in [0.2, 0.25) is 0 Å². The summed E-state index contributed by atoms with van der Waals surface area (Å²) in [6, 6.07) is -0.269. The number of carbonyl (C=O) groups excluding carboxylic acids is 2. The van der Waals surface area contributed by atoms with Crippen molar-refractivity contribution in [2.75, 3.05) is 39.3 Å². The molecule has 2 amide bonds. The van der Waals surface area contributed by atoms with Crippen molar-refractivity contribution in [1.29, 1.82) is 0 Å². The lowest BCUT2D eigenvalue weighted by Crippen LogP contribution is -2.48. The smallest absolute Gasteiger partial charge is 0.337 e. The minimum Gasteiger partial charge on any atom is -0.463 e. The molecule has 0 aliphatic carbocycles. The van der Waals surface area contributed by atoms with Crippen LogP contribution in [0.5, 0.6) is 0 Å². The Hall–Kier alpha value is -1.60. The van der Waals surface area contributed by atoms with Crippen LogP contribution in [0.15, 0.2) is 11.3 Å². The van der Waals surface area contributed by atoms with Gasteiger partial charge in [-0.1, -0.05) is 0 Å². The molecule has 4 N–H and O–H groups in total. The van der Waals surface area contributed by atoms with E-state index in [1.807, 2.05) is 0 Å². The number of nitrogens with two attached hydrogens (primary N) is 1. The molecule has 1 fully saturated rings. The molecule has 0 aromatic rings. The average Bonchev–Trinajstić information content (AvgIpc) is 2.48. The van der Waals surface area contributed by atoms with Crippen molar-refractivity contribution in [3.63, 3.8) is 0 Å². The largest absolute Gasteiger partial charge is 0.463 e. The number of rotatable bonds is 5. The zero-order valence-corrected chi connectivity index (χ0v) is 12.5. The van der Waals surface area contributed by atoms with Gasteiger partial charge in [0.25, 0.3) is 0 Å². The molecule has 0 radical (unpaired) electrons. The molecule has 0 unspecified atom stereocenters. The van der Waals surface area contributed by atoms with Gasteiger partial charge in [-0.15, -0.1) is 0 Å². The Labute approximate surface area is 124 Å². The number of piperidine rings is 1. The van der Waals surface area contributed by atoms with Gasteiger partial charge in [-0.05, 0) is 45.3 Å². The molecule has 0 aromatic carbocycles. The van der Waals surface area contributed by atoms with Crippen LogP contribution in [0.25, 0.3) is 0 Å².